The van der Waals surface area contributed by atoms with Crippen LogP contribution < -0.4 is 16.9 Å². The van der Waals surface area contributed by atoms with Gasteiger partial charge in [-0.15, -0.1) is 22.7 Å². The molecular formula is C50H42Cl2FN9O2S2. The third kappa shape index (κ3) is 7.77. The molecule has 66 heavy (non-hydrogen) atoms. The Kier molecular flexibility index (Phi) is 11.7. The van der Waals surface area contributed by atoms with E-state index in [4.69, 9.17) is 33.9 Å². The van der Waals surface area contributed by atoms with Gasteiger partial charge in [0.15, 0.2) is 0 Å². The highest BCUT2D eigenvalue weighted by molar-refractivity contribution is 7.15. The predicted molar refractivity (Wildman–Crippen MR) is 264 cm³/mol. The summed E-state index contributed by atoms with van der Waals surface area (Å²) in [4.78, 5) is 47.3. The summed E-state index contributed by atoms with van der Waals surface area (Å²) < 4.78 is 23.9. The van der Waals surface area contributed by atoms with Crippen LogP contribution in [0.2, 0.25) is 10.0 Å². The minimum absolute atomic E-state index is 0.104. The van der Waals surface area contributed by atoms with Crippen LogP contribution in [0.4, 0.5) is 4.39 Å². The molecule has 0 bridgehead atoms. The maximum Gasteiger partial charge on any atom is 0.252 e. The first-order valence-corrected chi connectivity index (χ1v) is 23.0. The monoisotopic (exact) mass is 953 g/mol. The van der Waals surface area contributed by atoms with Crippen molar-refractivity contribution in [3.63, 3.8) is 0 Å². The van der Waals surface area contributed by atoms with Gasteiger partial charge in [0.1, 0.15) is 16.8 Å². The number of halogens is 3. The summed E-state index contributed by atoms with van der Waals surface area (Å²) in [5.74, 6) is 0. The van der Waals surface area contributed by atoms with E-state index in [9.17, 15) is 9.59 Å². The normalized spacial score (nSPS) is 13.4. The molecule has 10 aromatic rings. The Bertz CT molecular complexity index is 3340. The van der Waals surface area contributed by atoms with Gasteiger partial charge in [-0.3, -0.25) is 18.7 Å². The van der Waals surface area contributed by atoms with Crippen molar-refractivity contribution in [3.05, 3.63) is 209 Å². The molecule has 16 heteroatoms. The van der Waals surface area contributed by atoms with Crippen LogP contribution in [0.1, 0.15) is 43.4 Å². The zero-order valence-corrected chi connectivity index (χ0v) is 39.8. The Labute approximate surface area is 396 Å². The number of pyridine rings is 4. The quantitative estimate of drug-likeness (QED) is 0.160. The zero-order chi connectivity index (χ0) is 46.7. The van der Waals surface area contributed by atoms with Gasteiger partial charge < -0.3 is 14.9 Å². The van der Waals surface area contributed by atoms with E-state index in [0.717, 1.165) is 48.0 Å². The summed E-state index contributed by atoms with van der Waals surface area (Å²) in [5.41, 5.74) is 10.1. The van der Waals surface area contributed by atoms with E-state index < -0.39 is 11.2 Å². The topological polar surface area (TPSA) is 131 Å². The molecule has 0 radical (unpaired) electrons. The molecule has 8 aromatic heterocycles. The van der Waals surface area contributed by atoms with Crippen LogP contribution in [0.15, 0.2) is 144 Å². The van der Waals surface area contributed by atoms with Gasteiger partial charge in [0.25, 0.3) is 11.1 Å². The lowest BCUT2D eigenvalue weighted by Gasteiger charge is -2.31. The average Bonchev–Trinajstić information content (AvgIpc) is 4.15. The van der Waals surface area contributed by atoms with E-state index >= 15 is 4.39 Å². The Balaban J connectivity index is 0.000000166. The van der Waals surface area contributed by atoms with Crippen LogP contribution >= 0.6 is 45.9 Å². The zero-order valence-electron chi connectivity index (χ0n) is 36.6. The van der Waals surface area contributed by atoms with E-state index in [-0.39, 0.29) is 11.1 Å². The Morgan fingerprint density at radius 2 is 1.00 bits per heavy atom. The van der Waals surface area contributed by atoms with Gasteiger partial charge in [-0.25, -0.2) is 24.3 Å². The SMILES string of the molecule is Cc1ccc(-c2cc(=O)n(C)c3ncc([C@](F)(c4ccc(Cl)cc4)c4cncn4C)cc23)s1.Cc1ccc(-c2cc(=O)n(C)c3ncc([C@](N)(c4ccc(Cl)cc4)c4cncn4C)cc23)s1. The number of rotatable bonds is 8. The lowest BCUT2D eigenvalue weighted by atomic mass is 9.81. The predicted octanol–water partition coefficient (Wildman–Crippen LogP) is 10.2. The van der Waals surface area contributed by atoms with Crippen molar-refractivity contribution >= 4 is 67.9 Å². The lowest BCUT2D eigenvalue weighted by Crippen LogP contribution is -2.41. The summed E-state index contributed by atoms with van der Waals surface area (Å²) in [6, 6.07) is 29.3. The molecular weight excluding hydrogens is 913 g/mol. The largest absolute Gasteiger partial charge is 0.336 e. The van der Waals surface area contributed by atoms with Crippen molar-refractivity contribution in [3.8, 4) is 20.9 Å². The summed E-state index contributed by atoms with van der Waals surface area (Å²) in [6.07, 6.45) is 9.81. The first-order valence-electron chi connectivity index (χ1n) is 20.7. The molecule has 8 heterocycles. The molecule has 0 amide bonds. The molecule has 11 nitrogen and oxygen atoms in total. The first-order chi connectivity index (χ1) is 31.6. The molecule has 0 aliphatic carbocycles. The smallest absolute Gasteiger partial charge is 0.252 e. The van der Waals surface area contributed by atoms with Crippen LogP contribution in [0.3, 0.4) is 0 Å². The van der Waals surface area contributed by atoms with E-state index in [1.165, 1.54) is 21.8 Å². The highest BCUT2D eigenvalue weighted by Crippen LogP contribution is 2.43. The molecule has 0 fully saturated rings. The number of benzene rings is 2. The average molecular weight is 955 g/mol. The fourth-order valence-corrected chi connectivity index (χ4v) is 10.4. The van der Waals surface area contributed by atoms with Gasteiger partial charge in [-0.05, 0) is 85.6 Å². The second-order valence-electron chi connectivity index (χ2n) is 16.2. The third-order valence-electron chi connectivity index (χ3n) is 11.9. The summed E-state index contributed by atoms with van der Waals surface area (Å²) in [6.45, 7) is 4.06. The van der Waals surface area contributed by atoms with Crippen LogP contribution in [-0.2, 0) is 39.4 Å². The number of nitrogens with zero attached hydrogens (tertiary/aromatic N) is 8. The van der Waals surface area contributed by atoms with E-state index in [0.29, 0.717) is 43.5 Å². The maximum absolute atomic E-state index is 17.3. The van der Waals surface area contributed by atoms with Gasteiger partial charge in [0.05, 0.1) is 36.4 Å². The molecule has 2 aromatic carbocycles. The molecule has 0 spiro atoms. The maximum atomic E-state index is 17.3. The number of aromatic nitrogens is 8. The molecule has 0 aliphatic rings. The van der Waals surface area contributed by atoms with Crippen LogP contribution in [0.5, 0.6) is 0 Å². The second kappa shape index (κ2) is 17.3. The fourth-order valence-electron chi connectivity index (χ4n) is 8.36. The number of thiophene rings is 2. The lowest BCUT2D eigenvalue weighted by molar-refractivity contribution is 0.266. The standard InChI is InChI=1S/C25H20ClFN4OS.C25H22ClN5OS/c2*1-15-4-9-21(33-15)19-11-23(32)31(3)24-20(19)10-17(12-29-24)25(27,22-13-28-14-30(22)2)16-5-7-18(26)8-6-16/h4-14H,1-3H3;4-14H,27H2,1-3H3/t2*25-/m11/s1. The van der Waals surface area contributed by atoms with Gasteiger partial charge in [-0.2, -0.15) is 0 Å². The number of aryl methyl sites for hydroxylation is 6. The van der Waals surface area contributed by atoms with Gasteiger partial charge in [-0.1, -0.05) is 47.5 Å². The molecule has 2 atom stereocenters. The number of nitrogens with two attached hydrogens (primary N) is 1. The first kappa shape index (κ1) is 44.6. The van der Waals surface area contributed by atoms with Crippen molar-refractivity contribution in [2.45, 2.75) is 25.1 Å². The summed E-state index contributed by atoms with van der Waals surface area (Å²) in [5, 5.41) is 2.72. The number of hydrogen-bond acceptors (Lipinski definition) is 9. The third-order valence-corrected chi connectivity index (χ3v) is 14.5. The van der Waals surface area contributed by atoms with Gasteiger partial charge >= 0.3 is 0 Å². The van der Waals surface area contributed by atoms with Crippen LogP contribution in [-0.4, -0.2) is 38.2 Å². The number of alkyl halides is 1. The Morgan fingerprint density at radius 3 is 1.44 bits per heavy atom. The van der Waals surface area contributed by atoms with E-state index in [1.807, 2.05) is 67.1 Å². The molecule has 332 valence electrons. The van der Waals surface area contributed by atoms with Gasteiger partial charge in [0.2, 0.25) is 5.67 Å². The highest BCUT2D eigenvalue weighted by atomic mass is 35.5. The minimum atomic E-state index is -2.03. The fraction of sp³-hybridized carbons (Fsp3) is 0.160. The number of fused-ring (bicyclic) bond motifs is 2. The minimum Gasteiger partial charge on any atom is -0.336 e. The van der Waals surface area contributed by atoms with E-state index in [1.54, 1.807) is 120 Å². The van der Waals surface area contributed by atoms with Crippen molar-refractivity contribution < 1.29 is 4.39 Å². The second-order valence-corrected chi connectivity index (χ2v) is 19.6. The molecule has 10 rings (SSSR count). The van der Waals surface area contributed by atoms with Crippen LogP contribution in [0, 0.1) is 13.8 Å². The van der Waals surface area contributed by atoms with Gasteiger partial charge in [0, 0.05) is 115 Å². The summed E-state index contributed by atoms with van der Waals surface area (Å²) in [7, 11) is 7.07. The van der Waals surface area contributed by atoms with Crippen molar-refractivity contribution in [2.75, 3.05) is 0 Å². The van der Waals surface area contributed by atoms with E-state index in [2.05, 4.69) is 27.9 Å². The molecule has 0 aliphatic heterocycles. The van der Waals surface area contributed by atoms with Crippen molar-refractivity contribution in [1.29, 1.82) is 0 Å². The molecule has 0 saturated heterocycles. The molecule has 2 N–H and O–H groups in total. The number of imidazole rings is 2. The van der Waals surface area contributed by atoms with Crippen molar-refractivity contribution in [2.24, 2.45) is 33.9 Å². The Morgan fingerprint density at radius 1 is 0.561 bits per heavy atom. The summed E-state index contributed by atoms with van der Waals surface area (Å²) >= 11 is 15.5. The molecule has 0 unspecified atom stereocenters. The molecule has 0 saturated carbocycles. The van der Waals surface area contributed by atoms with Crippen LogP contribution in [0.25, 0.3) is 42.9 Å². The van der Waals surface area contributed by atoms with Crippen molar-refractivity contribution in [1.82, 2.24) is 38.2 Å². The highest BCUT2D eigenvalue weighted by Gasteiger charge is 2.40. The Hall–Kier alpha value is -6.55. The number of hydrogen-bond donors (Lipinski definition) is 1.